The number of hydrogen-bond donors (Lipinski definition) is 1. The van der Waals surface area contributed by atoms with Crippen molar-refractivity contribution in [3.05, 3.63) is 100 Å². The SMILES string of the molecule is Cc1cc(CN2CCC(NC(=O)c3ccc(C(=O)N4CCN(Cc5ccc(F)cc5)CC4)cn3)CC2)ccc1F. The van der Waals surface area contributed by atoms with Crippen molar-refractivity contribution in [2.24, 2.45) is 0 Å². The number of benzene rings is 2. The van der Waals surface area contributed by atoms with Gasteiger partial charge in [0.2, 0.25) is 0 Å². The number of nitrogens with one attached hydrogen (secondary N) is 1. The molecule has 1 N–H and O–H groups in total. The number of halogens is 2. The molecule has 1 aromatic heterocycles. The van der Waals surface area contributed by atoms with Crippen LogP contribution in [0.25, 0.3) is 0 Å². The Morgan fingerprint density at radius 3 is 2.15 bits per heavy atom. The van der Waals surface area contributed by atoms with Gasteiger partial charge in [-0.15, -0.1) is 0 Å². The van der Waals surface area contributed by atoms with E-state index in [1.807, 2.05) is 12.1 Å². The fourth-order valence-corrected chi connectivity index (χ4v) is 5.35. The van der Waals surface area contributed by atoms with Crippen LogP contribution in [0, 0.1) is 18.6 Å². The van der Waals surface area contributed by atoms with Gasteiger partial charge in [-0.2, -0.15) is 0 Å². The second kappa shape index (κ2) is 12.7. The molecule has 2 fully saturated rings. The van der Waals surface area contributed by atoms with E-state index in [0.717, 1.165) is 63.2 Å². The zero-order valence-electron chi connectivity index (χ0n) is 22.8. The topological polar surface area (TPSA) is 68.8 Å². The minimum atomic E-state index is -0.244. The summed E-state index contributed by atoms with van der Waals surface area (Å²) in [6.07, 6.45) is 3.14. The first-order valence-corrected chi connectivity index (χ1v) is 13.8. The summed E-state index contributed by atoms with van der Waals surface area (Å²) in [6, 6.07) is 15.1. The van der Waals surface area contributed by atoms with Crippen LogP contribution in [0.15, 0.2) is 60.8 Å². The van der Waals surface area contributed by atoms with E-state index >= 15 is 0 Å². The third-order valence-electron chi connectivity index (χ3n) is 7.77. The summed E-state index contributed by atoms with van der Waals surface area (Å²) in [4.78, 5) is 36.4. The van der Waals surface area contributed by atoms with Crippen LogP contribution in [0.2, 0.25) is 0 Å². The van der Waals surface area contributed by atoms with Crippen molar-refractivity contribution < 1.29 is 18.4 Å². The zero-order valence-corrected chi connectivity index (χ0v) is 22.8. The van der Waals surface area contributed by atoms with Crippen LogP contribution in [-0.4, -0.2) is 76.8 Å². The maximum absolute atomic E-state index is 13.5. The van der Waals surface area contributed by atoms with Crippen molar-refractivity contribution in [2.45, 2.75) is 38.9 Å². The summed E-state index contributed by atoms with van der Waals surface area (Å²) in [5, 5.41) is 3.08. The lowest BCUT2D eigenvalue weighted by Gasteiger charge is -2.34. The highest BCUT2D eigenvalue weighted by atomic mass is 19.1. The van der Waals surface area contributed by atoms with Crippen molar-refractivity contribution in [1.82, 2.24) is 25.0 Å². The fourth-order valence-electron chi connectivity index (χ4n) is 5.35. The van der Waals surface area contributed by atoms with Crippen LogP contribution in [0.1, 0.15) is 50.4 Å². The van der Waals surface area contributed by atoms with E-state index < -0.39 is 0 Å². The summed E-state index contributed by atoms with van der Waals surface area (Å²) >= 11 is 0. The Bertz CT molecular complexity index is 1320. The first kappa shape index (κ1) is 27.9. The van der Waals surface area contributed by atoms with Gasteiger partial charge >= 0.3 is 0 Å². The maximum atomic E-state index is 13.5. The fraction of sp³-hybridized carbons (Fsp3) is 0.387. The molecule has 210 valence electrons. The number of aryl methyl sites for hydroxylation is 1. The van der Waals surface area contributed by atoms with Gasteiger partial charge in [0.25, 0.3) is 11.8 Å². The second-order valence-electron chi connectivity index (χ2n) is 10.7. The number of carbonyl (C=O) groups excluding carboxylic acids is 2. The average molecular weight is 548 g/mol. The van der Waals surface area contributed by atoms with E-state index in [1.165, 1.54) is 24.4 Å². The van der Waals surface area contributed by atoms with Crippen molar-refractivity contribution in [3.8, 4) is 0 Å². The smallest absolute Gasteiger partial charge is 0.270 e. The number of pyridine rings is 1. The molecular formula is C31H35F2N5O2. The Kier molecular flexibility index (Phi) is 8.81. The number of aromatic nitrogens is 1. The van der Waals surface area contributed by atoms with Gasteiger partial charge in [-0.05, 0) is 66.8 Å². The molecule has 2 aliphatic heterocycles. The van der Waals surface area contributed by atoms with E-state index in [-0.39, 0.29) is 29.5 Å². The Morgan fingerprint density at radius 2 is 1.50 bits per heavy atom. The number of piperazine rings is 1. The minimum Gasteiger partial charge on any atom is -0.348 e. The highest BCUT2D eigenvalue weighted by molar-refractivity contribution is 5.96. The Morgan fingerprint density at radius 1 is 0.850 bits per heavy atom. The van der Waals surface area contributed by atoms with Gasteiger partial charge in [0.05, 0.1) is 5.56 Å². The van der Waals surface area contributed by atoms with Crippen molar-refractivity contribution in [1.29, 1.82) is 0 Å². The highest BCUT2D eigenvalue weighted by Gasteiger charge is 2.24. The van der Waals surface area contributed by atoms with Crippen LogP contribution in [0.3, 0.4) is 0 Å². The van der Waals surface area contributed by atoms with Crippen molar-refractivity contribution in [2.75, 3.05) is 39.3 Å². The first-order valence-electron chi connectivity index (χ1n) is 13.8. The molecular weight excluding hydrogens is 512 g/mol. The maximum Gasteiger partial charge on any atom is 0.270 e. The number of amides is 2. The molecule has 5 rings (SSSR count). The summed E-state index contributed by atoms with van der Waals surface area (Å²) in [7, 11) is 0. The van der Waals surface area contributed by atoms with E-state index in [0.29, 0.717) is 29.9 Å². The van der Waals surface area contributed by atoms with E-state index in [9.17, 15) is 18.4 Å². The molecule has 2 saturated heterocycles. The summed E-state index contributed by atoms with van der Waals surface area (Å²) in [6.45, 7) is 7.63. The predicted molar refractivity (Wildman–Crippen MR) is 149 cm³/mol. The number of rotatable bonds is 7. The van der Waals surface area contributed by atoms with Crippen LogP contribution >= 0.6 is 0 Å². The standard InChI is InChI=1S/C31H35F2N5O2/c1-22-18-24(4-8-28(22)33)21-36-12-10-27(11-13-36)35-30(39)29-9-5-25(19-34-29)31(40)38-16-14-37(15-17-38)20-23-2-6-26(32)7-3-23/h2-9,18-19,27H,10-17,20-21H2,1H3,(H,35,39). The third kappa shape index (κ3) is 7.08. The van der Waals surface area contributed by atoms with Crippen LogP contribution in [-0.2, 0) is 13.1 Å². The number of likely N-dealkylation sites (tertiary alicyclic amines) is 1. The Balaban J connectivity index is 1.06. The summed E-state index contributed by atoms with van der Waals surface area (Å²) < 4.78 is 26.7. The summed E-state index contributed by atoms with van der Waals surface area (Å²) in [5.74, 6) is -0.758. The molecule has 3 aromatic rings. The number of piperidine rings is 1. The monoisotopic (exact) mass is 547 g/mol. The van der Waals surface area contributed by atoms with Crippen LogP contribution in [0.4, 0.5) is 8.78 Å². The molecule has 40 heavy (non-hydrogen) atoms. The molecule has 3 heterocycles. The Hall–Kier alpha value is -3.69. The molecule has 0 radical (unpaired) electrons. The zero-order chi connectivity index (χ0) is 28.1. The largest absolute Gasteiger partial charge is 0.348 e. The third-order valence-corrected chi connectivity index (χ3v) is 7.77. The predicted octanol–water partition coefficient (Wildman–Crippen LogP) is 4.02. The molecule has 0 bridgehead atoms. The van der Waals surface area contributed by atoms with Gasteiger partial charge in [0.15, 0.2) is 0 Å². The van der Waals surface area contributed by atoms with Crippen LogP contribution in [0.5, 0.6) is 0 Å². The summed E-state index contributed by atoms with van der Waals surface area (Å²) in [5.41, 5.74) is 3.55. The van der Waals surface area contributed by atoms with E-state index in [4.69, 9.17) is 0 Å². The Labute approximate surface area is 233 Å². The molecule has 0 unspecified atom stereocenters. The second-order valence-corrected chi connectivity index (χ2v) is 10.7. The first-order chi connectivity index (χ1) is 19.3. The van der Waals surface area contributed by atoms with Gasteiger partial charge < -0.3 is 10.2 Å². The lowest BCUT2D eigenvalue weighted by atomic mass is 10.0. The average Bonchev–Trinajstić information content (AvgIpc) is 2.97. The van der Waals surface area contributed by atoms with Crippen molar-refractivity contribution in [3.63, 3.8) is 0 Å². The molecule has 0 aliphatic carbocycles. The molecule has 0 atom stereocenters. The van der Waals surface area contributed by atoms with Crippen molar-refractivity contribution >= 4 is 11.8 Å². The van der Waals surface area contributed by atoms with Gasteiger partial charge in [0, 0.05) is 64.6 Å². The molecule has 0 spiro atoms. The normalized spacial score (nSPS) is 17.1. The quantitative estimate of drug-likeness (QED) is 0.484. The molecule has 0 saturated carbocycles. The highest BCUT2D eigenvalue weighted by Crippen LogP contribution is 2.17. The number of carbonyl (C=O) groups is 2. The lowest BCUT2D eigenvalue weighted by Crippen LogP contribution is -2.48. The molecule has 2 aromatic carbocycles. The number of nitrogens with zero attached hydrogens (tertiary/aromatic N) is 4. The molecule has 2 aliphatic rings. The van der Waals surface area contributed by atoms with Gasteiger partial charge in [0.1, 0.15) is 17.3 Å². The van der Waals surface area contributed by atoms with Gasteiger partial charge in [-0.1, -0.05) is 24.3 Å². The molecule has 9 heteroatoms. The lowest BCUT2D eigenvalue weighted by molar-refractivity contribution is 0.0627. The van der Waals surface area contributed by atoms with E-state index in [2.05, 4.69) is 20.1 Å². The van der Waals surface area contributed by atoms with Gasteiger partial charge in [-0.25, -0.2) is 8.78 Å². The number of hydrogen-bond acceptors (Lipinski definition) is 5. The van der Waals surface area contributed by atoms with E-state index in [1.54, 1.807) is 36.1 Å². The molecule has 7 nitrogen and oxygen atoms in total. The minimum absolute atomic E-state index is 0.0630. The van der Waals surface area contributed by atoms with Crippen LogP contribution < -0.4 is 5.32 Å². The molecule has 2 amide bonds. The van der Waals surface area contributed by atoms with Gasteiger partial charge in [-0.3, -0.25) is 24.4 Å².